The van der Waals surface area contributed by atoms with E-state index in [9.17, 15) is 4.79 Å². The van der Waals surface area contributed by atoms with Gasteiger partial charge in [-0.3, -0.25) is 4.79 Å². The van der Waals surface area contributed by atoms with Gasteiger partial charge in [-0.1, -0.05) is 49.1 Å². The number of nitrogens with two attached hydrogens (primary N) is 2. The first-order valence-corrected chi connectivity index (χ1v) is 11.7. The number of amides is 1. The zero-order chi connectivity index (χ0) is 24.6. The number of carbonyl (C=O) groups excluding carboxylic acids is 1. The molecule has 2 aliphatic heterocycles. The van der Waals surface area contributed by atoms with E-state index in [1.165, 1.54) is 12.0 Å². The Morgan fingerprint density at radius 3 is 2.68 bits per heavy atom. The van der Waals surface area contributed by atoms with Crippen molar-refractivity contribution in [1.29, 1.82) is 0 Å². The number of hydrogen-bond acceptors (Lipinski definition) is 6. The van der Waals surface area contributed by atoms with Crippen LogP contribution >= 0.6 is 0 Å². The van der Waals surface area contributed by atoms with Crippen molar-refractivity contribution in [2.75, 3.05) is 26.2 Å². The molecule has 1 fully saturated rings. The molecule has 1 spiro atoms. The van der Waals surface area contributed by atoms with Gasteiger partial charge in [-0.2, -0.15) is 0 Å². The maximum atomic E-state index is 10.9. The Balaban J connectivity index is 1.79. The fraction of sp³-hybridized carbons (Fsp3) is 0.385. The summed E-state index contributed by atoms with van der Waals surface area (Å²) in [6.07, 6.45) is 10.5. The third kappa shape index (κ3) is 6.59. The Hall–Kier alpha value is -3.36. The minimum absolute atomic E-state index is 0.0643. The number of nitrogens with one attached hydrogen (secondary N) is 2. The second-order valence-electron chi connectivity index (χ2n) is 8.60. The van der Waals surface area contributed by atoms with Crippen LogP contribution < -0.4 is 22.2 Å². The highest BCUT2D eigenvalue weighted by atomic mass is 16.5. The van der Waals surface area contributed by atoms with E-state index in [-0.39, 0.29) is 11.5 Å². The van der Waals surface area contributed by atoms with Crippen LogP contribution in [0.1, 0.15) is 44.2 Å². The fourth-order valence-electron chi connectivity index (χ4n) is 4.20. The van der Waals surface area contributed by atoms with Crippen LogP contribution in [0.3, 0.4) is 0 Å². The monoisotopic (exact) mass is 464 g/mol. The van der Waals surface area contributed by atoms with Crippen LogP contribution in [-0.2, 0) is 9.53 Å². The Morgan fingerprint density at radius 2 is 2.03 bits per heavy atom. The van der Waals surface area contributed by atoms with E-state index in [4.69, 9.17) is 16.3 Å². The summed E-state index contributed by atoms with van der Waals surface area (Å²) >= 11 is 0. The van der Waals surface area contributed by atoms with Crippen LogP contribution in [0.5, 0.6) is 0 Å². The maximum Gasteiger partial charge on any atom is 0.216 e. The number of benzene rings is 1. The third-order valence-corrected chi connectivity index (χ3v) is 5.95. The van der Waals surface area contributed by atoms with Crippen LogP contribution in [0.15, 0.2) is 71.6 Å². The van der Waals surface area contributed by atoms with E-state index in [1.54, 1.807) is 6.08 Å². The molecular weight excluding hydrogens is 428 g/mol. The molecule has 0 atom stereocenters. The molecule has 1 saturated heterocycles. The summed E-state index contributed by atoms with van der Waals surface area (Å²) in [7, 11) is 0. The van der Waals surface area contributed by atoms with Crippen molar-refractivity contribution in [1.82, 2.24) is 15.8 Å². The van der Waals surface area contributed by atoms with Crippen LogP contribution in [-0.4, -0.2) is 48.6 Å². The molecule has 8 heteroatoms. The lowest BCUT2D eigenvalue weighted by molar-refractivity contribution is -0.118. The summed E-state index contributed by atoms with van der Waals surface area (Å²) in [6, 6.07) is 8.01. The SMILES string of the molecule is C=C/C=C\C1=C(C)OC2(C=C1c1ccc(/C(N)=N/N(N)CCCNC(C)=O)cc1)CCNCC2. The third-order valence-electron chi connectivity index (χ3n) is 5.95. The van der Waals surface area contributed by atoms with E-state index >= 15 is 0 Å². The zero-order valence-corrected chi connectivity index (χ0v) is 20.1. The first-order chi connectivity index (χ1) is 16.3. The molecule has 3 rings (SSSR count). The summed E-state index contributed by atoms with van der Waals surface area (Å²) in [5, 5.41) is 11.7. The summed E-state index contributed by atoms with van der Waals surface area (Å²) in [4.78, 5) is 10.9. The highest BCUT2D eigenvalue weighted by Gasteiger charge is 2.36. The summed E-state index contributed by atoms with van der Waals surface area (Å²) in [5.74, 6) is 7.13. The van der Waals surface area contributed by atoms with Gasteiger partial charge in [0.1, 0.15) is 11.4 Å². The van der Waals surface area contributed by atoms with Gasteiger partial charge < -0.3 is 21.1 Å². The molecule has 0 aliphatic carbocycles. The quantitative estimate of drug-likeness (QED) is 0.111. The zero-order valence-electron chi connectivity index (χ0n) is 20.1. The van der Waals surface area contributed by atoms with Gasteiger partial charge in [0.2, 0.25) is 5.91 Å². The van der Waals surface area contributed by atoms with Crippen molar-refractivity contribution in [3.05, 3.63) is 77.6 Å². The van der Waals surface area contributed by atoms with Crippen molar-refractivity contribution in [3.63, 3.8) is 0 Å². The average Bonchev–Trinajstić information content (AvgIpc) is 2.81. The first-order valence-electron chi connectivity index (χ1n) is 11.7. The van der Waals surface area contributed by atoms with Crippen LogP contribution in [0, 0.1) is 0 Å². The molecule has 0 unspecified atom stereocenters. The van der Waals surface area contributed by atoms with Gasteiger partial charge in [0, 0.05) is 37.4 Å². The van der Waals surface area contributed by atoms with Crippen molar-refractivity contribution in [2.45, 2.75) is 38.7 Å². The van der Waals surface area contributed by atoms with Crippen molar-refractivity contribution in [3.8, 4) is 0 Å². The van der Waals surface area contributed by atoms with Gasteiger partial charge in [-0.05, 0) is 43.6 Å². The lowest BCUT2D eigenvalue weighted by atomic mass is 9.83. The molecule has 2 aliphatic rings. The topological polar surface area (TPSA) is 118 Å². The van der Waals surface area contributed by atoms with Crippen LogP contribution in [0.2, 0.25) is 0 Å². The van der Waals surface area contributed by atoms with E-state index in [1.807, 2.05) is 31.2 Å². The van der Waals surface area contributed by atoms with Gasteiger partial charge in [0.05, 0.1) is 6.54 Å². The lowest BCUT2D eigenvalue weighted by Crippen LogP contribution is -2.43. The normalized spacial score (nSPS) is 18.0. The number of hydrazone groups is 1. The molecule has 8 nitrogen and oxygen atoms in total. The Morgan fingerprint density at radius 1 is 1.32 bits per heavy atom. The summed E-state index contributed by atoms with van der Waals surface area (Å²) in [5.41, 5.74) is 9.96. The minimum atomic E-state index is -0.285. The van der Waals surface area contributed by atoms with Gasteiger partial charge in [-0.25, -0.2) is 11.0 Å². The molecule has 0 saturated carbocycles. The van der Waals surface area contributed by atoms with Crippen molar-refractivity contribution in [2.24, 2.45) is 16.7 Å². The number of allylic oxidation sites excluding steroid dienone is 6. The summed E-state index contributed by atoms with van der Waals surface area (Å²) < 4.78 is 6.43. The van der Waals surface area contributed by atoms with Crippen LogP contribution in [0.25, 0.3) is 5.57 Å². The summed E-state index contributed by atoms with van der Waals surface area (Å²) in [6.45, 7) is 10.2. The van der Waals surface area contributed by atoms with E-state index in [0.717, 1.165) is 54.0 Å². The number of amidine groups is 1. The molecule has 1 amide bonds. The van der Waals surface area contributed by atoms with Gasteiger partial charge >= 0.3 is 0 Å². The molecule has 1 aromatic carbocycles. The standard InChI is InChI=1S/C26H36N6O2/c1-4-5-7-23-19(2)34-26(12-15-29-16-13-26)18-24(23)21-8-10-22(11-9-21)25(27)31-32(28)17-6-14-30-20(3)33/h4-5,7-11,18,29H,1,6,12-17,28H2,2-3H3,(H2,27,31)(H,30,33)/b7-5-. The number of hydrazine groups is 1. The predicted octanol–water partition coefficient (Wildman–Crippen LogP) is 2.56. The largest absolute Gasteiger partial charge is 0.487 e. The lowest BCUT2D eigenvalue weighted by Gasteiger charge is -2.40. The van der Waals surface area contributed by atoms with Gasteiger partial charge in [0.25, 0.3) is 0 Å². The number of hydrogen-bond donors (Lipinski definition) is 4. The number of nitrogens with zero attached hydrogens (tertiary/aromatic N) is 2. The Labute approximate surface area is 202 Å². The van der Waals surface area contributed by atoms with E-state index in [0.29, 0.717) is 25.3 Å². The molecule has 0 bridgehead atoms. The molecule has 1 aromatic rings. The first kappa shape index (κ1) is 25.3. The molecule has 34 heavy (non-hydrogen) atoms. The number of piperidine rings is 1. The maximum absolute atomic E-state index is 10.9. The number of rotatable bonds is 9. The van der Waals surface area contributed by atoms with Crippen molar-refractivity contribution < 1.29 is 9.53 Å². The molecule has 2 heterocycles. The molecule has 0 radical (unpaired) electrons. The highest BCUT2D eigenvalue weighted by Crippen LogP contribution is 2.40. The van der Waals surface area contributed by atoms with E-state index in [2.05, 4.69) is 40.5 Å². The molecule has 182 valence electrons. The average molecular weight is 465 g/mol. The minimum Gasteiger partial charge on any atom is -0.487 e. The Kier molecular flexibility index (Phi) is 8.67. The van der Waals surface area contributed by atoms with Gasteiger partial charge in [-0.15, -0.1) is 5.10 Å². The van der Waals surface area contributed by atoms with E-state index < -0.39 is 0 Å². The van der Waals surface area contributed by atoms with Crippen LogP contribution in [0.4, 0.5) is 0 Å². The Bertz CT molecular complexity index is 1000. The van der Waals surface area contributed by atoms with Crippen molar-refractivity contribution >= 4 is 17.3 Å². The number of ether oxygens (including phenoxy) is 1. The number of carbonyl (C=O) groups is 1. The predicted molar refractivity (Wildman–Crippen MR) is 137 cm³/mol. The second kappa shape index (κ2) is 11.7. The molecular formula is C26H36N6O2. The van der Waals surface area contributed by atoms with Gasteiger partial charge in [0.15, 0.2) is 5.84 Å². The smallest absolute Gasteiger partial charge is 0.216 e. The fourth-order valence-corrected chi connectivity index (χ4v) is 4.20. The highest BCUT2D eigenvalue weighted by molar-refractivity contribution is 5.97. The second-order valence-corrected chi connectivity index (χ2v) is 8.60. The molecule has 0 aromatic heterocycles. The molecule has 6 N–H and O–H groups in total.